The number of primary amides is 1. The summed E-state index contributed by atoms with van der Waals surface area (Å²) >= 11 is 6.07. The molecule has 3 N–H and O–H groups in total. The van der Waals surface area contributed by atoms with E-state index in [0.717, 1.165) is 11.1 Å². The summed E-state index contributed by atoms with van der Waals surface area (Å²) < 4.78 is 34.9. The van der Waals surface area contributed by atoms with Gasteiger partial charge in [-0.3, -0.25) is 4.79 Å². The molecule has 35 heavy (non-hydrogen) atoms. The second kappa shape index (κ2) is 12.1. The molecule has 188 valence electrons. The highest BCUT2D eigenvalue weighted by molar-refractivity contribution is 7.87. The second-order valence-corrected chi connectivity index (χ2v) is 9.84. The summed E-state index contributed by atoms with van der Waals surface area (Å²) in [7, 11) is -2.51. The summed E-state index contributed by atoms with van der Waals surface area (Å²) in [6.45, 7) is 2.20. The van der Waals surface area contributed by atoms with Crippen LogP contribution in [0, 0.1) is 0 Å². The van der Waals surface area contributed by atoms with E-state index in [1.807, 2.05) is 42.5 Å². The Hall–Kier alpha value is -2.99. The molecule has 0 fully saturated rings. The first-order valence-corrected chi connectivity index (χ1v) is 12.8. The third-order valence-corrected chi connectivity index (χ3v) is 7.16. The van der Waals surface area contributed by atoms with Gasteiger partial charge in [0.05, 0.1) is 18.9 Å². The van der Waals surface area contributed by atoms with Crippen molar-refractivity contribution in [3.8, 4) is 0 Å². The Balaban J connectivity index is 1.99. The van der Waals surface area contributed by atoms with Crippen molar-refractivity contribution in [3.63, 3.8) is 0 Å². The molecule has 1 amide bonds. The molecular weight excluding hydrogens is 492 g/mol. The highest BCUT2D eigenvalue weighted by Gasteiger charge is 2.33. The largest absolute Gasteiger partial charge is 0.383 e. The molecule has 1 aliphatic heterocycles. The van der Waals surface area contributed by atoms with Crippen molar-refractivity contribution in [2.24, 2.45) is 15.8 Å². The van der Waals surface area contributed by atoms with Crippen molar-refractivity contribution in [2.45, 2.75) is 12.8 Å². The molecule has 0 saturated carbocycles. The van der Waals surface area contributed by atoms with Crippen LogP contribution in [0.3, 0.4) is 0 Å². The van der Waals surface area contributed by atoms with Crippen molar-refractivity contribution in [1.82, 2.24) is 14.0 Å². The molecule has 1 atom stereocenters. The van der Waals surface area contributed by atoms with Crippen molar-refractivity contribution in [1.29, 1.82) is 0 Å². The minimum Gasteiger partial charge on any atom is -0.383 e. The average Bonchev–Trinajstić information content (AvgIpc) is 3.28. The van der Waals surface area contributed by atoms with Gasteiger partial charge in [0, 0.05) is 31.1 Å². The Kier molecular flexibility index (Phi) is 9.21. The lowest BCUT2D eigenvalue weighted by Gasteiger charge is -2.24. The Labute approximate surface area is 210 Å². The summed E-state index contributed by atoms with van der Waals surface area (Å²) in [5.74, 6) is -0.977. The fourth-order valence-corrected chi connectivity index (χ4v) is 4.91. The molecule has 12 heteroatoms. The zero-order chi connectivity index (χ0) is 25.4. The first kappa shape index (κ1) is 26.6. The van der Waals surface area contributed by atoms with E-state index in [9.17, 15) is 13.2 Å². The maximum Gasteiger partial charge on any atom is 0.304 e. The van der Waals surface area contributed by atoms with Crippen molar-refractivity contribution < 1.29 is 17.9 Å². The molecule has 2 aromatic carbocycles. The van der Waals surface area contributed by atoms with Crippen molar-refractivity contribution in [2.75, 3.05) is 39.9 Å². The van der Waals surface area contributed by atoms with Crippen LogP contribution >= 0.6 is 11.6 Å². The molecule has 3 rings (SSSR count). The Morgan fingerprint density at radius 3 is 2.54 bits per heavy atom. The quantitative estimate of drug-likeness (QED) is 0.364. The van der Waals surface area contributed by atoms with E-state index in [1.54, 1.807) is 19.1 Å². The number of aliphatic imine (C=N–C) groups is 1. The summed E-state index contributed by atoms with van der Waals surface area (Å²) in [4.78, 5) is 15.6. The van der Waals surface area contributed by atoms with E-state index in [0.29, 0.717) is 17.3 Å². The van der Waals surface area contributed by atoms with Crippen LogP contribution < -0.4 is 10.5 Å². The van der Waals surface area contributed by atoms with E-state index in [-0.39, 0.29) is 31.6 Å². The van der Waals surface area contributed by atoms with Crippen LogP contribution in [-0.2, 0) is 19.7 Å². The zero-order valence-corrected chi connectivity index (χ0v) is 21.2. The van der Waals surface area contributed by atoms with Gasteiger partial charge in [0.1, 0.15) is 6.54 Å². The van der Waals surface area contributed by atoms with E-state index < -0.39 is 22.7 Å². The number of halogens is 1. The predicted octanol–water partition coefficient (Wildman–Crippen LogP) is 1.79. The first-order valence-electron chi connectivity index (χ1n) is 11.0. The number of likely N-dealkylation sites (N-methyl/N-ethyl adjacent to an activating group) is 1. The van der Waals surface area contributed by atoms with Gasteiger partial charge in [-0.15, -0.1) is 0 Å². The molecule has 0 radical (unpaired) electrons. The number of amides is 1. The van der Waals surface area contributed by atoms with E-state index in [4.69, 9.17) is 27.2 Å². The minimum atomic E-state index is -4.01. The number of ether oxygens (including phenoxy) is 1. The maximum atomic E-state index is 13.1. The molecule has 0 aromatic heterocycles. The van der Waals surface area contributed by atoms with Crippen LogP contribution in [0.15, 0.2) is 64.7 Å². The number of carbonyl (C=O) groups is 1. The van der Waals surface area contributed by atoms with Gasteiger partial charge < -0.3 is 10.5 Å². The van der Waals surface area contributed by atoms with Crippen LogP contribution in [0.1, 0.15) is 24.0 Å². The van der Waals surface area contributed by atoms with E-state index in [1.165, 1.54) is 16.4 Å². The molecule has 0 aliphatic carbocycles. The molecule has 1 aliphatic rings. The molecule has 10 nitrogen and oxygen atoms in total. The van der Waals surface area contributed by atoms with Gasteiger partial charge in [-0.2, -0.15) is 17.8 Å². The summed E-state index contributed by atoms with van der Waals surface area (Å²) in [6.07, 6.45) is 0. The van der Waals surface area contributed by atoms with Gasteiger partial charge in [-0.25, -0.2) is 14.7 Å². The molecule has 0 bridgehead atoms. The molecule has 1 unspecified atom stereocenters. The fourth-order valence-electron chi connectivity index (χ4n) is 3.60. The monoisotopic (exact) mass is 520 g/mol. The summed E-state index contributed by atoms with van der Waals surface area (Å²) in [5, 5.41) is 6.75. The summed E-state index contributed by atoms with van der Waals surface area (Å²) in [5.41, 5.74) is 7.83. The standard InChI is InChI=1S/C23H29ClN6O4S/c1-3-29(13-14-34-2)35(32,33)28-23(26-15-21(25)31)30-16-20(17-7-5-4-6-8-17)22(27-30)18-9-11-19(24)12-10-18/h4-12,20H,3,13-16H2,1-2H3,(H2,25,31)(H,26,28). The predicted molar refractivity (Wildman–Crippen MR) is 137 cm³/mol. The Morgan fingerprint density at radius 2 is 1.94 bits per heavy atom. The third kappa shape index (κ3) is 7.01. The number of carbonyl (C=O) groups excluding carboxylic acids is 1. The lowest BCUT2D eigenvalue weighted by Crippen LogP contribution is -2.49. The van der Waals surface area contributed by atoms with Gasteiger partial charge in [-0.05, 0) is 23.3 Å². The van der Waals surface area contributed by atoms with Gasteiger partial charge in [-0.1, -0.05) is 61.0 Å². The van der Waals surface area contributed by atoms with Crippen LogP contribution in [0.2, 0.25) is 5.02 Å². The number of nitrogens with two attached hydrogens (primary N) is 1. The zero-order valence-electron chi connectivity index (χ0n) is 19.6. The number of methoxy groups -OCH3 is 1. The van der Waals surface area contributed by atoms with E-state index in [2.05, 4.69) is 9.71 Å². The molecule has 0 saturated heterocycles. The minimum absolute atomic E-state index is 0.0930. The lowest BCUT2D eigenvalue weighted by atomic mass is 9.91. The summed E-state index contributed by atoms with van der Waals surface area (Å²) in [6, 6.07) is 17.0. The normalized spacial score (nSPS) is 16.5. The van der Waals surface area contributed by atoms with Crippen molar-refractivity contribution >= 4 is 39.4 Å². The topological polar surface area (TPSA) is 130 Å². The number of rotatable bonds is 10. The number of guanidine groups is 1. The highest BCUT2D eigenvalue weighted by atomic mass is 35.5. The molecule has 0 spiro atoms. The van der Waals surface area contributed by atoms with E-state index >= 15 is 0 Å². The third-order valence-electron chi connectivity index (χ3n) is 5.34. The highest BCUT2D eigenvalue weighted by Crippen LogP contribution is 2.29. The molecular formula is C23H29ClN6O4S. The number of hydrogen-bond acceptors (Lipinski definition) is 6. The molecule has 2 aromatic rings. The van der Waals surface area contributed by atoms with Crippen LogP contribution in [0.25, 0.3) is 0 Å². The van der Waals surface area contributed by atoms with Gasteiger partial charge in [0.15, 0.2) is 0 Å². The fraction of sp³-hybridized carbons (Fsp3) is 0.348. The van der Waals surface area contributed by atoms with Crippen LogP contribution in [0.5, 0.6) is 0 Å². The number of nitrogens with zero attached hydrogens (tertiary/aromatic N) is 4. The van der Waals surface area contributed by atoms with Crippen LogP contribution in [-0.4, -0.2) is 75.2 Å². The van der Waals surface area contributed by atoms with Crippen molar-refractivity contribution in [3.05, 3.63) is 70.7 Å². The first-order chi connectivity index (χ1) is 16.7. The van der Waals surface area contributed by atoms with Gasteiger partial charge >= 0.3 is 10.2 Å². The maximum absolute atomic E-state index is 13.1. The SMILES string of the molecule is CCN(CCOC)S(=O)(=O)NC(=NCC(N)=O)N1CC(c2ccccc2)C(c2ccc(Cl)cc2)=N1. The number of benzene rings is 2. The van der Waals surface area contributed by atoms with Gasteiger partial charge in [0.25, 0.3) is 0 Å². The van der Waals surface area contributed by atoms with Crippen LogP contribution in [0.4, 0.5) is 0 Å². The average molecular weight is 521 g/mol. The lowest BCUT2D eigenvalue weighted by molar-refractivity contribution is -0.116. The number of hydrogen-bond donors (Lipinski definition) is 2. The number of hydrazone groups is 1. The van der Waals surface area contributed by atoms with Gasteiger partial charge in [0.2, 0.25) is 11.9 Å². The Bertz CT molecular complexity index is 1170. The molecule has 1 heterocycles. The second-order valence-electron chi connectivity index (χ2n) is 7.74. The smallest absolute Gasteiger partial charge is 0.304 e. The number of nitrogens with one attached hydrogen (secondary N) is 1. The Morgan fingerprint density at radius 1 is 1.26 bits per heavy atom.